The van der Waals surface area contributed by atoms with E-state index in [1.54, 1.807) is 12.1 Å². The molecule has 3 nitrogen and oxygen atoms in total. The Kier molecular flexibility index (Phi) is 1.94. The lowest BCUT2D eigenvalue weighted by Crippen LogP contribution is -1.85. The molecule has 0 unspecified atom stereocenters. The van der Waals surface area contributed by atoms with Gasteiger partial charge in [-0.15, -0.1) is 11.3 Å². The molecule has 0 bridgehead atoms. The summed E-state index contributed by atoms with van der Waals surface area (Å²) in [4.78, 5) is 10.0. The fourth-order valence-electron chi connectivity index (χ4n) is 1.10. The fraction of sp³-hybridized carbons (Fsp3) is 0. The van der Waals surface area contributed by atoms with Crippen LogP contribution in [0.1, 0.15) is 0 Å². The molecule has 1 aromatic carbocycles. The molecule has 0 fully saturated rings. The number of nitro benzene ring substituents is 1. The van der Waals surface area contributed by atoms with Gasteiger partial charge in [-0.3, -0.25) is 10.1 Å². The van der Waals surface area contributed by atoms with Crippen molar-refractivity contribution in [1.82, 2.24) is 0 Å². The van der Waals surface area contributed by atoms with Gasteiger partial charge >= 0.3 is 0 Å². The number of benzene rings is 1. The van der Waals surface area contributed by atoms with Crippen LogP contribution in [0.2, 0.25) is 4.34 Å². The molecule has 0 amide bonds. The number of halogens is 1. The molecular formula is C8H4ClNO2S. The molecule has 13 heavy (non-hydrogen) atoms. The number of nitrogens with zero attached hydrogens (tertiary/aromatic N) is 1. The maximum absolute atomic E-state index is 10.4. The highest BCUT2D eigenvalue weighted by Gasteiger charge is 2.07. The van der Waals surface area contributed by atoms with E-state index in [1.807, 2.05) is 0 Å². The molecule has 2 aromatic rings. The second kappa shape index (κ2) is 2.97. The third kappa shape index (κ3) is 1.50. The highest BCUT2D eigenvalue weighted by Crippen LogP contribution is 2.31. The van der Waals surface area contributed by atoms with E-state index in [1.165, 1.54) is 23.5 Å². The van der Waals surface area contributed by atoms with Gasteiger partial charge in [0.2, 0.25) is 0 Å². The number of rotatable bonds is 1. The zero-order chi connectivity index (χ0) is 9.42. The Bertz CT molecular complexity index is 480. The number of non-ortho nitro benzene ring substituents is 1. The van der Waals surface area contributed by atoms with Crippen LogP contribution in [0.4, 0.5) is 5.69 Å². The van der Waals surface area contributed by atoms with Crippen molar-refractivity contribution in [2.75, 3.05) is 0 Å². The summed E-state index contributed by atoms with van der Waals surface area (Å²) in [5.74, 6) is 0. The first-order chi connectivity index (χ1) is 6.16. The molecule has 0 spiro atoms. The first-order valence-electron chi connectivity index (χ1n) is 3.50. The smallest absolute Gasteiger partial charge is 0.258 e. The van der Waals surface area contributed by atoms with Crippen molar-refractivity contribution in [2.24, 2.45) is 0 Å². The van der Waals surface area contributed by atoms with Gasteiger partial charge in [0.1, 0.15) is 0 Å². The lowest BCUT2D eigenvalue weighted by Gasteiger charge is -1.89. The number of thiophene rings is 1. The summed E-state index contributed by atoms with van der Waals surface area (Å²) >= 11 is 7.11. The summed E-state index contributed by atoms with van der Waals surface area (Å²) in [6.07, 6.45) is 0. The van der Waals surface area contributed by atoms with Gasteiger partial charge in [-0.2, -0.15) is 0 Å². The van der Waals surface area contributed by atoms with Gasteiger partial charge < -0.3 is 0 Å². The summed E-state index contributed by atoms with van der Waals surface area (Å²) in [5, 5.41) is 11.4. The van der Waals surface area contributed by atoms with Crippen molar-refractivity contribution in [3.05, 3.63) is 38.7 Å². The summed E-state index contributed by atoms with van der Waals surface area (Å²) in [6, 6.07) is 6.51. The topological polar surface area (TPSA) is 43.1 Å². The lowest BCUT2D eigenvalue weighted by atomic mass is 10.2. The van der Waals surface area contributed by atoms with Crippen LogP contribution in [0.3, 0.4) is 0 Å². The second-order valence-corrected chi connectivity index (χ2v) is 4.24. The Morgan fingerprint density at radius 2 is 2.15 bits per heavy atom. The standard InChI is InChI=1S/C8H4ClNO2S/c9-8-3-5-1-2-6(10(11)12)4-7(5)13-8/h1-4H. The molecule has 0 aliphatic heterocycles. The van der Waals surface area contributed by atoms with Crippen LogP contribution in [-0.4, -0.2) is 4.92 Å². The SMILES string of the molecule is O=[N+]([O-])c1ccc2cc(Cl)sc2c1. The molecule has 0 aliphatic rings. The molecule has 0 atom stereocenters. The van der Waals surface area contributed by atoms with Crippen LogP contribution >= 0.6 is 22.9 Å². The monoisotopic (exact) mass is 213 g/mol. The van der Waals surface area contributed by atoms with Crippen molar-refractivity contribution in [2.45, 2.75) is 0 Å². The normalized spacial score (nSPS) is 10.5. The molecule has 0 aliphatic carbocycles. The summed E-state index contributed by atoms with van der Waals surface area (Å²) in [5.41, 5.74) is 0.103. The molecule has 0 saturated heterocycles. The van der Waals surface area contributed by atoms with Gasteiger partial charge in [-0.25, -0.2) is 0 Å². The maximum Gasteiger partial charge on any atom is 0.270 e. The average Bonchev–Trinajstić information content (AvgIpc) is 2.42. The Morgan fingerprint density at radius 3 is 2.85 bits per heavy atom. The molecule has 1 heterocycles. The van der Waals surface area contributed by atoms with Crippen LogP contribution in [0, 0.1) is 10.1 Å². The molecule has 1 aromatic heterocycles. The number of fused-ring (bicyclic) bond motifs is 1. The third-order valence-electron chi connectivity index (χ3n) is 1.68. The highest BCUT2D eigenvalue weighted by atomic mass is 35.5. The van der Waals surface area contributed by atoms with Crippen LogP contribution in [0.15, 0.2) is 24.3 Å². The molecule has 66 valence electrons. The lowest BCUT2D eigenvalue weighted by molar-refractivity contribution is -0.384. The third-order valence-corrected chi connectivity index (χ3v) is 2.91. The predicted molar refractivity (Wildman–Crippen MR) is 53.5 cm³/mol. The fourth-order valence-corrected chi connectivity index (χ4v) is 2.29. The van der Waals surface area contributed by atoms with Crippen molar-refractivity contribution in [3.63, 3.8) is 0 Å². The average molecular weight is 214 g/mol. The molecule has 5 heteroatoms. The molecule has 0 saturated carbocycles. The number of hydrogen-bond acceptors (Lipinski definition) is 3. The minimum Gasteiger partial charge on any atom is -0.258 e. The molecule has 2 rings (SSSR count). The van der Waals surface area contributed by atoms with E-state index < -0.39 is 4.92 Å². The molecule has 0 N–H and O–H groups in total. The van der Waals surface area contributed by atoms with Gasteiger partial charge in [0.15, 0.2) is 0 Å². The van der Waals surface area contributed by atoms with E-state index in [0.717, 1.165) is 10.1 Å². The summed E-state index contributed by atoms with van der Waals surface area (Å²) in [7, 11) is 0. The zero-order valence-corrected chi connectivity index (χ0v) is 7.93. The van der Waals surface area contributed by atoms with E-state index in [-0.39, 0.29) is 5.69 Å². The molecule has 0 radical (unpaired) electrons. The Labute approximate surface area is 82.7 Å². The van der Waals surface area contributed by atoms with Crippen LogP contribution in [-0.2, 0) is 0 Å². The first kappa shape index (κ1) is 8.47. The number of hydrogen-bond donors (Lipinski definition) is 0. The van der Waals surface area contributed by atoms with Gasteiger partial charge in [0, 0.05) is 16.8 Å². The Hall–Kier alpha value is -1.13. The second-order valence-electron chi connectivity index (χ2n) is 2.53. The summed E-state index contributed by atoms with van der Waals surface area (Å²) in [6.45, 7) is 0. The van der Waals surface area contributed by atoms with Gasteiger partial charge in [0.05, 0.1) is 9.26 Å². The van der Waals surface area contributed by atoms with Gasteiger partial charge in [-0.05, 0) is 17.5 Å². The van der Waals surface area contributed by atoms with Crippen LogP contribution < -0.4 is 0 Å². The highest BCUT2D eigenvalue weighted by molar-refractivity contribution is 7.22. The predicted octanol–water partition coefficient (Wildman–Crippen LogP) is 3.46. The van der Waals surface area contributed by atoms with E-state index in [2.05, 4.69) is 0 Å². The van der Waals surface area contributed by atoms with Gasteiger partial charge in [0.25, 0.3) is 5.69 Å². The Balaban J connectivity index is 2.67. The van der Waals surface area contributed by atoms with Crippen molar-refractivity contribution >= 4 is 38.7 Å². The first-order valence-corrected chi connectivity index (χ1v) is 4.70. The van der Waals surface area contributed by atoms with E-state index in [9.17, 15) is 10.1 Å². The minimum absolute atomic E-state index is 0.103. The van der Waals surface area contributed by atoms with E-state index in [4.69, 9.17) is 11.6 Å². The minimum atomic E-state index is -0.410. The largest absolute Gasteiger partial charge is 0.270 e. The number of nitro groups is 1. The van der Waals surface area contributed by atoms with Crippen molar-refractivity contribution < 1.29 is 4.92 Å². The van der Waals surface area contributed by atoms with Crippen LogP contribution in [0.5, 0.6) is 0 Å². The quantitative estimate of drug-likeness (QED) is 0.538. The summed E-state index contributed by atoms with van der Waals surface area (Å²) < 4.78 is 1.50. The molecular weight excluding hydrogens is 210 g/mol. The van der Waals surface area contributed by atoms with Crippen molar-refractivity contribution in [3.8, 4) is 0 Å². The van der Waals surface area contributed by atoms with Crippen LogP contribution in [0.25, 0.3) is 10.1 Å². The van der Waals surface area contributed by atoms with E-state index >= 15 is 0 Å². The zero-order valence-electron chi connectivity index (χ0n) is 6.36. The van der Waals surface area contributed by atoms with E-state index in [0.29, 0.717) is 4.34 Å². The van der Waals surface area contributed by atoms with Crippen molar-refractivity contribution in [1.29, 1.82) is 0 Å². The Morgan fingerprint density at radius 1 is 1.38 bits per heavy atom. The maximum atomic E-state index is 10.4. The van der Waals surface area contributed by atoms with Gasteiger partial charge in [-0.1, -0.05) is 11.6 Å².